The molecule has 1 atom stereocenters. The van der Waals surface area contributed by atoms with Gasteiger partial charge >= 0.3 is 18.2 Å². The minimum atomic E-state index is -1.23. The average molecular weight is 764 g/mol. The lowest BCUT2D eigenvalue weighted by Crippen LogP contribution is -2.24. The number of rotatable bonds is 16. The molecule has 18 heteroatoms. The largest absolute Gasteiger partial charge is 0.511 e. The summed E-state index contributed by atoms with van der Waals surface area (Å²) in [6.07, 6.45) is -0.754. The van der Waals surface area contributed by atoms with E-state index in [0.717, 1.165) is 34.3 Å². The first-order valence-electron chi connectivity index (χ1n) is 16.9. The van der Waals surface area contributed by atoms with E-state index in [4.69, 9.17) is 41.0 Å². The second kappa shape index (κ2) is 18.9. The third-order valence-corrected chi connectivity index (χ3v) is 8.06. The van der Waals surface area contributed by atoms with Crippen LogP contribution in [-0.4, -0.2) is 76.7 Å². The number of imidazole rings is 1. The number of unbranched alkanes of at least 4 members (excludes halogenated alkanes) is 1. The van der Waals surface area contributed by atoms with Gasteiger partial charge in [0.05, 0.1) is 18.6 Å². The Morgan fingerprint density at radius 1 is 0.889 bits per heavy atom. The van der Waals surface area contributed by atoms with Gasteiger partial charge in [0.2, 0.25) is 12.1 Å². The maximum atomic E-state index is 13.3. The molecular weight excluding hydrogens is 726 g/mol. The number of hydrogen-bond donors (Lipinski definition) is 2. The molecular formula is C36H38ClN7O10. The highest BCUT2D eigenvalue weighted by Gasteiger charge is 2.26. The van der Waals surface area contributed by atoms with Crippen LogP contribution in [0, 0.1) is 0 Å². The second-order valence-electron chi connectivity index (χ2n) is 11.7. The van der Waals surface area contributed by atoms with Crippen molar-refractivity contribution in [2.75, 3.05) is 6.61 Å². The summed E-state index contributed by atoms with van der Waals surface area (Å²) in [6.45, 7) is 5.20. The summed E-state index contributed by atoms with van der Waals surface area (Å²) in [4.78, 5) is 47.6. The van der Waals surface area contributed by atoms with E-state index < -0.39 is 24.5 Å². The van der Waals surface area contributed by atoms with Crippen molar-refractivity contribution in [2.45, 2.75) is 66.1 Å². The number of carbonyl (C=O) groups excluding carboxylic acids is 3. The van der Waals surface area contributed by atoms with Gasteiger partial charge in [0.1, 0.15) is 12.4 Å². The van der Waals surface area contributed by atoms with Gasteiger partial charge in [-0.2, -0.15) is 0 Å². The zero-order valence-electron chi connectivity index (χ0n) is 29.6. The van der Waals surface area contributed by atoms with Gasteiger partial charge in [-0.15, -0.1) is 10.2 Å². The molecule has 284 valence electrons. The van der Waals surface area contributed by atoms with Crippen LogP contribution in [0.5, 0.6) is 0 Å². The smallest absolute Gasteiger partial charge is 0.442 e. The highest BCUT2D eigenvalue weighted by Crippen LogP contribution is 2.31. The van der Waals surface area contributed by atoms with Crippen molar-refractivity contribution in [2.24, 2.45) is 0 Å². The van der Waals surface area contributed by atoms with Gasteiger partial charge in [-0.05, 0) is 46.4 Å². The molecule has 5 aromatic rings. The van der Waals surface area contributed by atoms with E-state index in [2.05, 4.69) is 25.2 Å². The molecule has 5 rings (SSSR count). The minimum absolute atomic E-state index is 0.0250. The molecule has 0 aliphatic carbocycles. The number of ether oxygens (including phenoxy) is 4. The molecule has 0 bridgehead atoms. The first kappa shape index (κ1) is 39.5. The third-order valence-electron chi connectivity index (χ3n) is 7.80. The highest BCUT2D eigenvalue weighted by molar-refractivity contribution is 6.32. The second-order valence-corrected chi connectivity index (χ2v) is 12.0. The number of benzene rings is 3. The molecule has 2 heterocycles. The molecule has 0 saturated carbocycles. The highest BCUT2D eigenvalue weighted by atomic mass is 35.5. The van der Waals surface area contributed by atoms with Crippen molar-refractivity contribution in [1.82, 2.24) is 35.1 Å². The number of aromatic nitrogens is 6. The Hall–Kier alpha value is -5.72. The summed E-state index contributed by atoms with van der Waals surface area (Å²) in [5.41, 5.74) is 4.32. The van der Waals surface area contributed by atoms with Crippen LogP contribution in [0.3, 0.4) is 0 Å². The van der Waals surface area contributed by atoms with Crippen molar-refractivity contribution < 1.29 is 48.6 Å². The van der Waals surface area contributed by atoms with Crippen LogP contribution in [0.2, 0.25) is 5.15 Å². The summed E-state index contributed by atoms with van der Waals surface area (Å²) in [7, 11) is 0. The van der Waals surface area contributed by atoms with Crippen molar-refractivity contribution in [3.8, 4) is 22.5 Å². The Morgan fingerprint density at radius 2 is 1.61 bits per heavy atom. The number of esters is 1. The van der Waals surface area contributed by atoms with Crippen LogP contribution in [-0.2, 0) is 50.0 Å². The molecule has 2 N–H and O–H groups in total. The lowest BCUT2D eigenvalue weighted by molar-refractivity contribution is -0.497. The molecule has 0 amide bonds. The fourth-order valence-corrected chi connectivity index (χ4v) is 5.60. The Bertz CT molecular complexity index is 2050. The molecule has 0 saturated heterocycles. The van der Waals surface area contributed by atoms with E-state index in [9.17, 15) is 14.4 Å². The SMILES string of the molecule is CCCCc1nc(Cl)c(C(=O)OC(C)OC(=O)OCC)n1Cc1ccc(-c2ccccc2-c2nnn(C(=O)OCc3cccc(CON(O)O)c3)n2)cc1. The minimum Gasteiger partial charge on any atom is -0.442 e. The van der Waals surface area contributed by atoms with Gasteiger partial charge in [-0.25, -0.2) is 24.2 Å². The number of halogens is 1. The van der Waals surface area contributed by atoms with Gasteiger partial charge in [0, 0.05) is 25.5 Å². The molecule has 3 aromatic carbocycles. The van der Waals surface area contributed by atoms with Crippen molar-refractivity contribution >= 4 is 29.8 Å². The lowest BCUT2D eigenvalue weighted by atomic mass is 9.98. The summed E-state index contributed by atoms with van der Waals surface area (Å²) in [5.74, 6) is -0.00275. The number of hydrogen-bond acceptors (Lipinski definition) is 15. The predicted octanol–water partition coefficient (Wildman–Crippen LogP) is 6.62. The molecule has 0 fully saturated rings. The zero-order valence-corrected chi connectivity index (χ0v) is 30.4. The Labute approximate surface area is 314 Å². The maximum Gasteiger partial charge on any atom is 0.511 e. The zero-order chi connectivity index (χ0) is 38.6. The standard InChI is InChI=1S/C36H38ClN7O10/c1-4-6-14-30-38-32(37)31(34(45)53-23(3)54-36(47)50-5-2)42(30)20-24-15-17-27(18-16-24)28-12-7-8-13-29(28)33-39-41-43(40-33)35(46)51-21-25-10-9-11-26(19-25)22-52-44(48)49/h7-13,15-19,23,48-49H,4-6,14,20-22H2,1-3H3. The Morgan fingerprint density at radius 3 is 2.31 bits per heavy atom. The molecule has 0 radical (unpaired) electrons. The van der Waals surface area contributed by atoms with Crippen LogP contribution < -0.4 is 0 Å². The van der Waals surface area contributed by atoms with E-state index in [-0.39, 0.29) is 48.4 Å². The quantitative estimate of drug-likeness (QED) is 0.0469. The molecule has 17 nitrogen and oxygen atoms in total. The molecule has 0 spiro atoms. The molecule has 0 aliphatic heterocycles. The van der Waals surface area contributed by atoms with Crippen LogP contribution in [0.1, 0.15) is 66.6 Å². The number of tetrazole rings is 1. The van der Waals surface area contributed by atoms with E-state index >= 15 is 0 Å². The molecule has 0 aliphatic rings. The number of nitrogens with zero attached hydrogens (tertiary/aromatic N) is 7. The Kier molecular flexibility index (Phi) is 13.8. The third kappa shape index (κ3) is 10.5. The van der Waals surface area contributed by atoms with Gasteiger partial charge in [0.15, 0.2) is 10.8 Å². The first-order chi connectivity index (χ1) is 26.1. The van der Waals surface area contributed by atoms with Gasteiger partial charge in [-0.1, -0.05) is 103 Å². The predicted molar refractivity (Wildman–Crippen MR) is 189 cm³/mol. The van der Waals surface area contributed by atoms with Gasteiger partial charge in [0.25, 0.3) is 0 Å². The van der Waals surface area contributed by atoms with E-state index in [0.29, 0.717) is 28.9 Å². The Balaban J connectivity index is 1.30. The van der Waals surface area contributed by atoms with Crippen LogP contribution in [0.15, 0.2) is 72.8 Å². The van der Waals surface area contributed by atoms with Crippen molar-refractivity contribution in [3.05, 3.63) is 106 Å². The maximum absolute atomic E-state index is 13.3. The molecule has 54 heavy (non-hydrogen) atoms. The molecule has 1 unspecified atom stereocenters. The van der Waals surface area contributed by atoms with E-state index in [1.165, 1.54) is 6.92 Å². The number of carbonyl (C=O) groups is 3. The fraction of sp³-hybridized carbons (Fsp3) is 0.306. The van der Waals surface area contributed by atoms with E-state index in [1.54, 1.807) is 41.8 Å². The topological polar surface area (TPSA) is 202 Å². The summed E-state index contributed by atoms with van der Waals surface area (Å²) in [5, 5.41) is 29.4. The number of aryl methyl sites for hydroxylation is 1. The monoisotopic (exact) mass is 763 g/mol. The fourth-order valence-electron chi connectivity index (χ4n) is 5.32. The van der Waals surface area contributed by atoms with Gasteiger partial charge < -0.3 is 23.5 Å². The van der Waals surface area contributed by atoms with Crippen LogP contribution in [0.4, 0.5) is 9.59 Å². The van der Waals surface area contributed by atoms with Gasteiger partial charge in [-0.3, -0.25) is 10.4 Å². The van der Waals surface area contributed by atoms with Crippen molar-refractivity contribution in [3.63, 3.8) is 0 Å². The van der Waals surface area contributed by atoms with Crippen molar-refractivity contribution in [1.29, 1.82) is 0 Å². The van der Waals surface area contributed by atoms with Crippen LogP contribution >= 0.6 is 11.6 Å². The summed E-state index contributed by atoms with van der Waals surface area (Å²) in [6, 6.07) is 21.8. The van der Waals surface area contributed by atoms with Crippen LogP contribution in [0.25, 0.3) is 22.5 Å². The summed E-state index contributed by atoms with van der Waals surface area (Å²) < 4.78 is 22.1. The summed E-state index contributed by atoms with van der Waals surface area (Å²) >= 11 is 6.47. The van der Waals surface area contributed by atoms with E-state index in [1.807, 2.05) is 49.4 Å². The lowest BCUT2D eigenvalue weighted by Gasteiger charge is -2.16. The first-order valence-corrected chi connectivity index (χ1v) is 17.3. The normalized spacial score (nSPS) is 11.7. The average Bonchev–Trinajstić information content (AvgIpc) is 3.77. The molecule has 2 aromatic heterocycles.